The lowest BCUT2D eigenvalue weighted by Crippen LogP contribution is -2.42. The maximum atomic E-state index is 11.8. The second-order valence-corrected chi connectivity index (χ2v) is 3.53. The quantitative estimate of drug-likeness (QED) is 0.770. The van der Waals surface area contributed by atoms with Gasteiger partial charge in [0.15, 0.2) is 0 Å². The maximum Gasteiger partial charge on any atom is 0.405 e. The lowest BCUT2D eigenvalue weighted by molar-refractivity contribution is -0.140. The zero-order chi connectivity index (χ0) is 10.8. The molecule has 0 radical (unpaired) electrons. The molecular formula is C8H14ClF3N2O. The van der Waals surface area contributed by atoms with Crippen LogP contribution in [0.2, 0.25) is 0 Å². The molecule has 1 aliphatic rings. The minimum Gasteiger partial charge on any atom is -0.347 e. The van der Waals surface area contributed by atoms with Gasteiger partial charge in [0.05, 0.1) is 5.92 Å². The van der Waals surface area contributed by atoms with Gasteiger partial charge in [-0.05, 0) is 12.8 Å². The Bertz CT molecular complexity index is 222. The highest BCUT2D eigenvalue weighted by molar-refractivity contribution is 5.85. The van der Waals surface area contributed by atoms with Crippen LogP contribution >= 0.6 is 12.4 Å². The summed E-state index contributed by atoms with van der Waals surface area (Å²) in [5.74, 6) is -1.02. The molecule has 0 bridgehead atoms. The number of hydrogen-bond donors (Lipinski definition) is 2. The van der Waals surface area contributed by atoms with Crippen molar-refractivity contribution < 1.29 is 18.0 Å². The van der Waals surface area contributed by atoms with Crippen molar-refractivity contribution in [2.45, 2.75) is 31.5 Å². The van der Waals surface area contributed by atoms with Gasteiger partial charge in [-0.2, -0.15) is 13.2 Å². The van der Waals surface area contributed by atoms with Crippen molar-refractivity contribution in [3.05, 3.63) is 0 Å². The molecule has 7 heteroatoms. The minimum absolute atomic E-state index is 0. The molecule has 2 unspecified atom stereocenters. The summed E-state index contributed by atoms with van der Waals surface area (Å²) >= 11 is 0. The number of amides is 1. The second-order valence-electron chi connectivity index (χ2n) is 3.53. The highest BCUT2D eigenvalue weighted by atomic mass is 35.5. The number of rotatable bonds is 2. The number of hydrogen-bond acceptors (Lipinski definition) is 2. The van der Waals surface area contributed by atoms with Gasteiger partial charge >= 0.3 is 6.18 Å². The minimum atomic E-state index is -4.35. The second kappa shape index (κ2) is 5.55. The smallest absolute Gasteiger partial charge is 0.347 e. The predicted molar refractivity (Wildman–Crippen MR) is 51.6 cm³/mol. The Kier molecular flexibility index (Phi) is 5.37. The highest BCUT2D eigenvalue weighted by Crippen LogP contribution is 2.24. The molecule has 0 aromatic heterocycles. The van der Waals surface area contributed by atoms with Gasteiger partial charge < -0.3 is 11.1 Å². The van der Waals surface area contributed by atoms with Crippen LogP contribution in [-0.2, 0) is 4.79 Å². The fraction of sp³-hybridized carbons (Fsp3) is 0.875. The largest absolute Gasteiger partial charge is 0.405 e. The molecule has 3 N–H and O–H groups in total. The first kappa shape index (κ1) is 14.5. The van der Waals surface area contributed by atoms with Crippen molar-refractivity contribution in [3.8, 4) is 0 Å². The summed E-state index contributed by atoms with van der Waals surface area (Å²) in [4.78, 5) is 11.2. The number of carbonyl (C=O) groups excluding carboxylic acids is 1. The molecule has 2 atom stereocenters. The van der Waals surface area contributed by atoms with E-state index in [4.69, 9.17) is 5.73 Å². The first-order chi connectivity index (χ1) is 6.40. The summed E-state index contributed by atoms with van der Waals surface area (Å²) in [6.45, 7) is -1.27. The van der Waals surface area contributed by atoms with Crippen molar-refractivity contribution in [3.63, 3.8) is 0 Å². The van der Waals surface area contributed by atoms with Gasteiger partial charge in [0.25, 0.3) is 0 Å². The van der Waals surface area contributed by atoms with Crippen LogP contribution < -0.4 is 11.1 Å². The molecule has 0 heterocycles. The Morgan fingerprint density at radius 3 is 2.40 bits per heavy atom. The monoisotopic (exact) mass is 246 g/mol. The fourth-order valence-electron chi connectivity index (χ4n) is 1.63. The van der Waals surface area contributed by atoms with E-state index in [2.05, 4.69) is 0 Å². The Hall–Kier alpha value is -0.490. The number of halogens is 4. The van der Waals surface area contributed by atoms with Crippen molar-refractivity contribution in [2.75, 3.05) is 6.54 Å². The lowest BCUT2D eigenvalue weighted by Gasteiger charge is -2.15. The van der Waals surface area contributed by atoms with E-state index in [0.29, 0.717) is 12.8 Å². The normalized spacial score (nSPS) is 25.9. The van der Waals surface area contributed by atoms with Crippen molar-refractivity contribution in [1.29, 1.82) is 0 Å². The lowest BCUT2D eigenvalue weighted by atomic mass is 10.0. The molecule has 0 aromatic rings. The topological polar surface area (TPSA) is 55.1 Å². The van der Waals surface area contributed by atoms with Crippen molar-refractivity contribution in [1.82, 2.24) is 5.32 Å². The first-order valence-corrected chi connectivity index (χ1v) is 4.50. The van der Waals surface area contributed by atoms with E-state index in [9.17, 15) is 18.0 Å². The summed E-state index contributed by atoms with van der Waals surface area (Å²) in [6.07, 6.45) is -2.24. The van der Waals surface area contributed by atoms with E-state index in [0.717, 1.165) is 6.42 Å². The van der Waals surface area contributed by atoms with Gasteiger partial charge in [-0.25, -0.2) is 0 Å². The van der Waals surface area contributed by atoms with Gasteiger partial charge in [-0.1, -0.05) is 6.42 Å². The molecule has 1 amide bonds. The summed E-state index contributed by atoms with van der Waals surface area (Å²) < 4.78 is 35.3. The third-order valence-corrected chi connectivity index (χ3v) is 2.37. The van der Waals surface area contributed by atoms with E-state index >= 15 is 0 Å². The number of nitrogens with one attached hydrogen (secondary N) is 1. The zero-order valence-electron chi connectivity index (χ0n) is 8.01. The molecule has 90 valence electrons. The third-order valence-electron chi connectivity index (χ3n) is 2.37. The molecular weight excluding hydrogens is 233 g/mol. The standard InChI is InChI=1S/C8H13F3N2O.ClH/c9-8(10,11)4-13-7(14)5-2-1-3-6(5)12;/h5-6H,1-4,12H2,(H,13,14);1H. The van der Waals surface area contributed by atoms with Crippen LogP contribution in [0.5, 0.6) is 0 Å². The molecule has 15 heavy (non-hydrogen) atoms. The Balaban J connectivity index is 0.00000196. The van der Waals surface area contributed by atoms with Crippen molar-refractivity contribution in [2.24, 2.45) is 11.7 Å². The molecule has 0 aromatic carbocycles. The van der Waals surface area contributed by atoms with Crippen LogP contribution in [-0.4, -0.2) is 24.7 Å². The predicted octanol–water partition coefficient (Wildman–Crippen LogP) is 1.21. The molecule has 3 nitrogen and oxygen atoms in total. The summed E-state index contributed by atoms with van der Waals surface area (Å²) in [7, 11) is 0. The third kappa shape index (κ3) is 4.70. The summed E-state index contributed by atoms with van der Waals surface area (Å²) in [6, 6.07) is -0.289. The summed E-state index contributed by atoms with van der Waals surface area (Å²) in [5.41, 5.74) is 5.58. The van der Waals surface area contributed by atoms with Crippen LogP contribution in [0.15, 0.2) is 0 Å². The van der Waals surface area contributed by atoms with Gasteiger partial charge in [0, 0.05) is 6.04 Å². The first-order valence-electron chi connectivity index (χ1n) is 4.50. The van der Waals surface area contributed by atoms with Crippen LogP contribution in [0.4, 0.5) is 13.2 Å². The van der Waals surface area contributed by atoms with E-state index < -0.39 is 24.5 Å². The van der Waals surface area contributed by atoms with E-state index in [1.165, 1.54) is 0 Å². The van der Waals surface area contributed by atoms with Gasteiger partial charge in [-0.3, -0.25) is 4.79 Å². The average Bonchev–Trinajstić information content (AvgIpc) is 2.46. The molecule has 1 saturated carbocycles. The summed E-state index contributed by atoms with van der Waals surface area (Å²) in [5, 5.41) is 1.85. The van der Waals surface area contributed by atoms with Crippen LogP contribution in [0.3, 0.4) is 0 Å². The molecule has 1 fully saturated rings. The van der Waals surface area contributed by atoms with Crippen LogP contribution in [0, 0.1) is 5.92 Å². The Morgan fingerprint density at radius 1 is 1.40 bits per heavy atom. The SMILES string of the molecule is Cl.NC1CCCC1C(=O)NCC(F)(F)F. The zero-order valence-corrected chi connectivity index (χ0v) is 8.83. The van der Waals surface area contributed by atoms with Crippen LogP contribution in [0.1, 0.15) is 19.3 Å². The molecule has 0 saturated heterocycles. The van der Waals surface area contributed by atoms with E-state index in [1.54, 1.807) is 0 Å². The Morgan fingerprint density at radius 2 is 2.00 bits per heavy atom. The average molecular weight is 247 g/mol. The molecule has 1 aliphatic carbocycles. The van der Waals surface area contributed by atoms with Crippen molar-refractivity contribution >= 4 is 18.3 Å². The van der Waals surface area contributed by atoms with E-state index in [-0.39, 0.29) is 18.4 Å². The maximum absolute atomic E-state index is 11.8. The fourth-order valence-corrected chi connectivity index (χ4v) is 1.63. The Labute approximate surface area is 92.0 Å². The molecule has 0 spiro atoms. The number of alkyl halides is 3. The van der Waals surface area contributed by atoms with Crippen LogP contribution in [0.25, 0.3) is 0 Å². The van der Waals surface area contributed by atoms with Gasteiger partial charge in [0.1, 0.15) is 6.54 Å². The molecule has 1 rings (SSSR count). The van der Waals surface area contributed by atoms with E-state index in [1.807, 2.05) is 5.32 Å². The number of nitrogens with two attached hydrogens (primary N) is 1. The van der Waals surface area contributed by atoms with Gasteiger partial charge in [-0.15, -0.1) is 12.4 Å². The highest BCUT2D eigenvalue weighted by Gasteiger charge is 2.33. The van der Waals surface area contributed by atoms with Gasteiger partial charge in [0.2, 0.25) is 5.91 Å². The molecule has 0 aliphatic heterocycles. The number of carbonyl (C=O) groups is 1.